The first kappa shape index (κ1) is 15.7. The summed E-state index contributed by atoms with van der Waals surface area (Å²) in [5.41, 5.74) is 3.76. The van der Waals surface area contributed by atoms with Gasteiger partial charge in [0.25, 0.3) is 5.84 Å². The van der Waals surface area contributed by atoms with Crippen LogP contribution in [0.5, 0.6) is 0 Å². The minimum absolute atomic E-state index is 0.387. The van der Waals surface area contributed by atoms with Gasteiger partial charge < -0.3 is 0 Å². The van der Waals surface area contributed by atoms with Crippen molar-refractivity contribution in [3.05, 3.63) is 64.7 Å². The Kier molecular flexibility index (Phi) is 3.98. The van der Waals surface area contributed by atoms with Gasteiger partial charge in [0.2, 0.25) is 0 Å². The maximum Gasteiger partial charge on any atom is 0.331 e. The van der Waals surface area contributed by atoms with Crippen LogP contribution in [-0.2, 0) is 10.0 Å². The third kappa shape index (κ3) is 2.77. The summed E-state index contributed by atoms with van der Waals surface area (Å²) >= 11 is 0. The van der Waals surface area contributed by atoms with E-state index in [2.05, 4.69) is 5.32 Å². The normalized spacial score (nSPS) is 14.9. The van der Waals surface area contributed by atoms with Crippen molar-refractivity contribution in [2.75, 3.05) is 13.1 Å². The molecule has 23 heavy (non-hydrogen) atoms. The molecule has 0 aromatic heterocycles. The van der Waals surface area contributed by atoms with Gasteiger partial charge in [-0.05, 0) is 55.7 Å². The fraction of sp³-hybridized carbons (Fsp3) is 0.278. The van der Waals surface area contributed by atoms with Crippen molar-refractivity contribution in [3.8, 4) is 0 Å². The lowest BCUT2D eigenvalue weighted by Crippen LogP contribution is -2.28. The Morgan fingerprint density at radius 1 is 0.957 bits per heavy atom. The highest BCUT2D eigenvalue weighted by molar-refractivity contribution is 7.85. The van der Waals surface area contributed by atoms with Crippen LogP contribution in [0.25, 0.3) is 0 Å². The molecule has 3 rings (SSSR count). The smallest absolute Gasteiger partial charge is 0.269 e. The molecule has 0 unspecified atom stereocenters. The number of aryl methyl sites for hydroxylation is 3. The summed E-state index contributed by atoms with van der Waals surface area (Å²) in [4.78, 5) is 0.387. The molecule has 1 N–H and O–H groups in total. The van der Waals surface area contributed by atoms with Crippen molar-refractivity contribution in [3.63, 3.8) is 0 Å². The number of nitrogens with one attached hydrogen (secondary N) is 1. The Morgan fingerprint density at radius 2 is 1.61 bits per heavy atom. The lowest BCUT2D eigenvalue weighted by molar-refractivity contribution is -0.352. The largest absolute Gasteiger partial charge is 0.331 e. The van der Waals surface area contributed by atoms with Crippen molar-refractivity contribution >= 4 is 15.9 Å². The summed E-state index contributed by atoms with van der Waals surface area (Å²) in [6, 6.07) is 13.3. The molecule has 0 amide bonds. The van der Waals surface area contributed by atoms with Gasteiger partial charge in [-0.25, -0.2) is 0 Å². The van der Waals surface area contributed by atoms with Gasteiger partial charge in [0.1, 0.15) is 18.0 Å². The molecule has 5 heteroatoms. The Labute approximate surface area is 137 Å². The van der Waals surface area contributed by atoms with Crippen LogP contribution in [0.3, 0.4) is 0 Å². The van der Waals surface area contributed by atoms with Gasteiger partial charge in [-0.3, -0.25) is 5.32 Å². The molecule has 0 atom stereocenters. The van der Waals surface area contributed by atoms with E-state index in [9.17, 15) is 8.42 Å². The van der Waals surface area contributed by atoms with Crippen LogP contribution in [0.15, 0.2) is 47.4 Å². The third-order valence-corrected chi connectivity index (χ3v) is 6.20. The second-order valence-corrected chi connectivity index (χ2v) is 7.75. The molecule has 2 aromatic rings. The minimum atomic E-state index is -3.57. The predicted octanol–water partition coefficient (Wildman–Crippen LogP) is 2.36. The molecule has 0 radical (unpaired) electrons. The number of sulfonamides is 1. The molecule has 0 fully saturated rings. The van der Waals surface area contributed by atoms with E-state index < -0.39 is 10.0 Å². The molecule has 0 saturated heterocycles. The van der Waals surface area contributed by atoms with Crippen LogP contribution in [0.4, 0.5) is 0 Å². The molecular formula is C18H21N2O2S+. The molecule has 1 heterocycles. The molecule has 2 aromatic carbocycles. The van der Waals surface area contributed by atoms with E-state index in [-0.39, 0.29) is 0 Å². The van der Waals surface area contributed by atoms with Gasteiger partial charge in [0.15, 0.2) is 0 Å². The number of rotatable bonds is 3. The summed E-state index contributed by atoms with van der Waals surface area (Å²) in [6.07, 6.45) is 0. The van der Waals surface area contributed by atoms with Crippen LogP contribution in [-0.4, -0.2) is 31.3 Å². The van der Waals surface area contributed by atoms with Crippen LogP contribution in [0, 0.1) is 20.8 Å². The second-order valence-electron chi connectivity index (χ2n) is 5.92. The molecule has 1 aliphatic rings. The lowest BCUT2D eigenvalue weighted by atomic mass is 10.1. The molecule has 1 aliphatic heterocycles. The summed E-state index contributed by atoms with van der Waals surface area (Å²) < 4.78 is 27.8. The number of hydrogen-bond donors (Lipinski definition) is 1. The molecular weight excluding hydrogens is 308 g/mol. The third-order valence-electron chi connectivity index (χ3n) is 4.26. The maximum atomic E-state index is 13.2. The van der Waals surface area contributed by atoms with Crippen molar-refractivity contribution in [1.82, 2.24) is 5.32 Å². The first-order chi connectivity index (χ1) is 10.9. The molecule has 120 valence electrons. The number of nitrogens with zero attached hydrogens (tertiary/aromatic N) is 1. The Bertz CT molecular complexity index is 885. The Hall–Kier alpha value is -2.14. The van der Waals surface area contributed by atoms with E-state index in [0.717, 1.165) is 22.3 Å². The predicted molar refractivity (Wildman–Crippen MR) is 91.5 cm³/mol. The zero-order valence-corrected chi connectivity index (χ0v) is 14.4. The van der Waals surface area contributed by atoms with Crippen molar-refractivity contribution in [2.45, 2.75) is 25.7 Å². The van der Waals surface area contributed by atoms with Crippen LogP contribution >= 0.6 is 0 Å². The topological polar surface area (TPSA) is 49.2 Å². The van der Waals surface area contributed by atoms with Crippen LogP contribution < -0.4 is 5.32 Å². The fourth-order valence-corrected chi connectivity index (χ4v) is 4.66. The highest BCUT2D eigenvalue weighted by atomic mass is 32.2. The second kappa shape index (κ2) is 5.81. The van der Waals surface area contributed by atoms with Crippen LogP contribution in [0.1, 0.15) is 22.3 Å². The summed E-state index contributed by atoms with van der Waals surface area (Å²) in [6.45, 7) is 6.85. The van der Waals surface area contributed by atoms with Crippen molar-refractivity contribution < 1.29 is 12.4 Å². The van der Waals surface area contributed by atoms with E-state index in [4.69, 9.17) is 0 Å². The van der Waals surface area contributed by atoms with Gasteiger partial charge in [-0.15, -0.1) is 3.98 Å². The lowest BCUT2D eigenvalue weighted by Gasteiger charge is -2.11. The van der Waals surface area contributed by atoms with E-state index in [1.807, 2.05) is 57.2 Å². The minimum Gasteiger partial charge on any atom is -0.269 e. The quantitative estimate of drug-likeness (QED) is 0.880. The van der Waals surface area contributed by atoms with Gasteiger partial charge in [-0.2, -0.15) is 8.42 Å². The number of hydrogen-bond acceptors (Lipinski definition) is 3. The Morgan fingerprint density at radius 3 is 2.30 bits per heavy atom. The van der Waals surface area contributed by atoms with E-state index in [1.54, 1.807) is 6.07 Å². The maximum absolute atomic E-state index is 13.2. The SMILES string of the molecule is Cc1cc(C)c(S(=O)(=O)[N+]2=C(c3ccccc3)NCC2)cc1C. The zero-order chi connectivity index (χ0) is 16.6. The van der Waals surface area contributed by atoms with Gasteiger partial charge in [0.05, 0.1) is 5.56 Å². The van der Waals surface area contributed by atoms with E-state index >= 15 is 0 Å². The highest BCUT2D eigenvalue weighted by Gasteiger charge is 2.34. The fourth-order valence-electron chi connectivity index (χ4n) is 2.89. The molecule has 0 spiro atoms. The van der Waals surface area contributed by atoms with Gasteiger partial charge >= 0.3 is 10.0 Å². The van der Waals surface area contributed by atoms with E-state index in [1.165, 1.54) is 3.98 Å². The number of amidine groups is 1. The summed E-state index contributed by atoms with van der Waals surface area (Å²) in [5.74, 6) is 0.656. The monoisotopic (exact) mass is 329 g/mol. The summed E-state index contributed by atoms with van der Waals surface area (Å²) in [7, 11) is -3.57. The van der Waals surface area contributed by atoms with Crippen LogP contribution in [0.2, 0.25) is 0 Å². The van der Waals surface area contributed by atoms with E-state index in [0.29, 0.717) is 23.8 Å². The standard InChI is InChI=1S/C18H20N2O2S/c1-13-11-15(3)17(12-14(13)2)23(21,22)20-10-9-19-18(20)16-7-5-4-6-8-16/h4-8,11-12H,9-10H2,1-3H3/p+1. The molecule has 0 aliphatic carbocycles. The van der Waals surface area contributed by atoms with Gasteiger partial charge in [0, 0.05) is 0 Å². The number of benzene rings is 2. The van der Waals surface area contributed by atoms with Gasteiger partial charge in [-0.1, -0.05) is 24.3 Å². The molecule has 0 bridgehead atoms. The van der Waals surface area contributed by atoms with Crippen molar-refractivity contribution in [1.29, 1.82) is 0 Å². The Balaban J connectivity index is 2.18. The average Bonchev–Trinajstić information content (AvgIpc) is 3.02. The first-order valence-electron chi connectivity index (χ1n) is 7.68. The summed E-state index contributed by atoms with van der Waals surface area (Å²) in [5, 5.41) is 3.21. The first-order valence-corrected chi connectivity index (χ1v) is 9.12. The molecule has 4 nitrogen and oxygen atoms in total. The highest BCUT2D eigenvalue weighted by Crippen LogP contribution is 2.23. The average molecular weight is 329 g/mol. The zero-order valence-electron chi connectivity index (χ0n) is 13.6. The molecule has 0 saturated carbocycles. The van der Waals surface area contributed by atoms with Crippen molar-refractivity contribution in [2.24, 2.45) is 0 Å².